The quantitative estimate of drug-likeness (QED) is 0.489. The van der Waals surface area contributed by atoms with Gasteiger partial charge >= 0.3 is 5.82 Å². The molecule has 0 spiro atoms. The van der Waals surface area contributed by atoms with Crippen LogP contribution in [0.3, 0.4) is 0 Å². The molecule has 0 N–H and O–H groups in total. The molecule has 0 fully saturated rings. The van der Waals surface area contributed by atoms with Crippen molar-refractivity contribution < 1.29 is 4.92 Å². The summed E-state index contributed by atoms with van der Waals surface area (Å²) in [5.41, 5.74) is 0.728. The average molecular weight is 333 g/mol. The minimum absolute atomic E-state index is 0.216. The van der Waals surface area contributed by atoms with Crippen molar-refractivity contribution in [1.29, 1.82) is 0 Å². The van der Waals surface area contributed by atoms with Gasteiger partial charge in [0.2, 0.25) is 0 Å². The number of aromatic nitrogens is 4. The summed E-state index contributed by atoms with van der Waals surface area (Å²) in [5.74, 6) is 0.207. The summed E-state index contributed by atoms with van der Waals surface area (Å²) in [6.45, 7) is 2.01. The van der Waals surface area contributed by atoms with Crippen LogP contribution in [0.15, 0.2) is 16.7 Å². The van der Waals surface area contributed by atoms with Crippen LogP contribution < -0.4 is 0 Å². The lowest BCUT2D eigenvalue weighted by Crippen LogP contribution is -2.06. The van der Waals surface area contributed by atoms with Crippen LogP contribution in [0.5, 0.6) is 0 Å². The van der Waals surface area contributed by atoms with E-state index in [0.717, 1.165) is 5.69 Å². The summed E-state index contributed by atoms with van der Waals surface area (Å²) in [5, 5.41) is 14.8. The van der Waals surface area contributed by atoms with Crippen LogP contribution in [0.1, 0.15) is 11.5 Å². The Balaban J connectivity index is 2.28. The van der Waals surface area contributed by atoms with Gasteiger partial charge in [0.1, 0.15) is 16.2 Å². The number of hydrogen-bond acceptors (Lipinski definition) is 5. The van der Waals surface area contributed by atoms with Gasteiger partial charge in [0, 0.05) is 5.69 Å². The zero-order valence-corrected chi connectivity index (χ0v) is 11.5. The zero-order chi connectivity index (χ0) is 13.3. The lowest BCUT2D eigenvalue weighted by molar-refractivity contribution is -0.390. The Labute approximate surface area is 115 Å². The van der Waals surface area contributed by atoms with Crippen LogP contribution in [-0.4, -0.2) is 24.7 Å². The molecule has 0 aliphatic heterocycles. The summed E-state index contributed by atoms with van der Waals surface area (Å²) in [4.78, 5) is 18.3. The van der Waals surface area contributed by atoms with Gasteiger partial charge in [-0.1, -0.05) is 11.6 Å². The number of aryl methyl sites for hydroxylation is 1. The molecule has 2 rings (SSSR count). The van der Waals surface area contributed by atoms with Crippen molar-refractivity contribution in [2.75, 3.05) is 0 Å². The minimum atomic E-state index is -0.565. The van der Waals surface area contributed by atoms with E-state index in [-0.39, 0.29) is 12.4 Å². The highest BCUT2D eigenvalue weighted by Crippen LogP contribution is 2.22. The maximum atomic E-state index is 10.6. The summed E-state index contributed by atoms with van der Waals surface area (Å²) < 4.78 is 1.69. The molecule has 0 saturated carbocycles. The zero-order valence-electron chi connectivity index (χ0n) is 9.17. The van der Waals surface area contributed by atoms with Crippen molar-refractivity contribution in [1.82, 2.24) is 19.7 Å². The van der Waals surface area contributed by atoms with E-state index in [9.17, 15) is 10.1 Å². The van der Waals surface area contributed by atoms with Crippen LogP contribution in [0.25, 0.3) is 0 Å². The summed E-state index contributed by atoms with van der Waals surface area (Å²) >= 11 is 8.87. The molecule has 0 amide bonds. The first kappa shape index (κ1) is 12.9. The van der Waals surface area contributed by atoms with Gasteiger partial charge in [-0.25, -0.2) is 9.97 Å². The third-order valence-electron chi connectivity index (χ3n) is 2.04. The second kappa shape index (κ2) is 4.99. The Bertz CT molecular complexity index is 595. The number of hydrogen-bond donors (Lipinski definition) is 0. The van der Waals surface area contributed by atoms with E-state index in [2.05, 4.69) is 31.0 Å². The van der Waals surface area contributed by atoms with E-state index in [0.29, 0.717) is 15.5 Å². The number of halogens is 2. The molecule has 2 aromatic rings. The fourth-order valence-electron chi connectivity index (χ4n) is 1.40. The van der Waals surface area contributed by atoms with E-state index in [1.807, 2.05) is 0 Å². The van der Waals surface area contributed by atoms with Crippen LogP contribution in [0.4, 0.5) is 5.82 Å². The fraction of sp³-hybridized carbons (Fsp3) is 0.222. The maximum Gasteiger partial charge on any atom is 0.404 e. The first-order chi connectivity index (χ1) is 8.45. The van der Waals surface area contributed by atoms with Gasteiger partial charge in [-0.2, -0.15) is 4.68 Å². The molecule has 0 unspecified atom stereocenters. The predicted molar refractivity (Wildman–Crippen MR) is 67.5 cm³/mol. The van der Waals surface area contributed by atoms with Crippen molar-refractivity contribution >= 4 is 33.3 Å². The first-order valence-corrected chi connectivity index (χ1v) is 6.00. The summed E-state index contributed by atoms with van der Waals surface area (Å²) in [7, 11) is 0. The molecule has 9 heteroatoms. The largest absolute Gasteiger partial charge is 0.404 e. The third kappa shape index (κ3) is 2.82. The van der Waals surface area contributed by atoms with Crippen LogP contribution in [0, 0.1) is 17.0 Å². The van der Waals surface area contributed by atoms with Crippen LogP contribution in [-0.2, 0) is 6.54 Å². The molecule has 0 saturated heterocycles. The molecule has 2 aromatic heterocycles. The minimum Gasteiger partial charge on any atom is -0.358 e. The molecule has 0 atom stereocenters. The normalized spacial score (nSPS) is 10.6. The van der Waals surface area contributed by atoms with Crippen molar-refractivity contribution in [3.05, 3.63) is 43.5 Å². The molecular formula is C9H7BrClN5O2. The van der Waals surface area contributed by atoms with Crippen molar-refractivity contribution in [2.24, 2.45) is 0 Å². The fourth-order valence-corrected chi connectivity index (χ4v) is 2.11. The Kier molecular flexibility index (Phi) is 3.58. The molecule has 0 aliphatic rings. The number of rotatable bonds is 3. The van der Waals surface area contributed by atoms with Gasteiger partial charge in [0.15, 0.2) is 5.82 Å². The highest BCUT2D eigenvalue weighted by molar-refractivity contribution is 9.10. The molecule has 2 heterocycles. The van der Waals surface area contributed by atoms with Gasteiger partial charge in [0.05, 0.1) is 11.3 Å². The topological polar surface area (TPSA) is 86.7 Å². The van der Waals surface area contributed by atoms with E-state index in [4.69, 9.17) is 11.6 Å². The summed E-state index contributed by atoms with van der Waals surface area (Å²) in [6.07, 6.45) is 1.50. The lowest BCUT2D eigenvalue weighted by Gasteiger charge is -1.99. The molecule has 18 heavy (non-hydrogen) atoms. The van der Waals surface area contributed by atoms with Gasteiger partial charge < -0.3 is 10.1 Å². The van der Waals surface area contributed by atoms with Gasteiger partial charge in [-0.05, 0) is 33.8 Å². The van der Waals surface area contributed by atoms with E-state index in [1.54, 1.807) is 13.0 Å². The van der Waals surface area contributed by atoms with Crippen molar-refractivity contribution in [2.45, 2.75) is 13.5 Å². The van der Waals surface area contributed by atoms with Gasteiger partial charge in [-0.3, -0.25) is 0 Å². The van der Waals surface area contributed by atoms with Crippen molar-refractivity contribution in [3.8, 4) is 0 Å². The monoisotopic (exact) mass is 331 g/mol. The second-order valence-corrected chi connectivity index (χ2v) is 4.75. The Morgan fingerprint density at radius 1 is 1.56 bits per heavy atom. The van der Waals surface area contributed by atoms with E-state index < -0.39 is 4.92 Å². The molecule has 0 radical (unpaired) electrons. The molecule has 0 aliphatic carbocycles. The smallest absolute Gasteiger partial charge is 0.358 e. The van der Waals surface area contributed by atoms with Crippen LogP contribution in [0.2, 0.25) is 5.15 Å². The van der Waals surface area contributed by atoms with Crippen LogP contribution >= 0.6 is 27.5 Å². The lowest BCUT2D eigenvalue weighted by atomic mass is 10.4. The van der Waals surface area contributed by atoms with Crippen molar-refractivity contribution in [3.63, 3.8) is 0 Å². The first-order valence-electron chi connectivity index (χ1n) is 4.83. The maximum absolute atomic E-state index is 10.6. The summed E-state index contributed by atoms with van der Waals surface area (Å²) in [6, 6.07) is 1.63. The molecule has 0 bridgehead atoms. The standard InChI is InChI=1S/C9H7BrClN5O2/c1-5-2-7(11)13-8(12-5)4-15-3-6(10)9(14-15)16(17)18/h2-3H,4H2,1H3. The van der Waals surface area contributed by atoms with Gasteiger partial charge in [0.25, 0.3) is 0 Å². The van der Waals surface area contributed by atoms with E-state index >= 15 is 0 Å². The Hall–Kier alpha value is -1.54. The molecule has 94 valence electrons. The second-order valence-electron chi connectivity index (χ2n) is 3.50. The molecule has 7 nitrogen and oxygen atoms in total. The predicted octanol–water partition coefficient (Wildman–Crippen LogP) is 2.35. The third-order valence-corrected chi connectivity index (χ3v) is 2.80. The van der Waals surface area contributed by atoms with Gasteiger partial charge in [-0.15, -0.1) is 0 Å². The highest BCUT2D eigenvalue weighted by Gasteiger charge is 2.19. The number of nitro groups is 1. The average Bonchev–Trinajstić information content (AvgIpc) is 2.57. The highest BCUT2D eigenvalue weighted by atomic mass is 79.9. The number of nitrogens with zero attached hydrogens (tertiary/aromatic N) is 5. The van der Waals surface area contributed by atoms with E-state index in [1.165, 1.54) is 10.9 Å². The Morgan fingerprint density at radius 3 is 2.83 bits per heavy atom. The SMILES string of the molecule is Cc1cc(Cl)nc(Cn2cc(Br)c([N+](=O)[O-])n2)n1. The molecule has 0 aromatic carbocycles. The molecular weight excluding hydrogens is 325 g/mol. The Morgan fingerprint density at radius 2 is 2.28 bits per heavy atom.